The van der Waals surface area contributed by atoms with Crippen LogP contribution >= 0.6 is 11.3 Å². The van der Waals surface area contributed by atoms with Crippen molar-refractivity contribution in [2.75, 3.05) is 30.3 Å². The van der Waals surface area contributed by atoms with Crippen molar-refractivity contribution in [3.05, 3.63) is 4.88 Å². The molecule has 1 aliphatic rings. The van der Waals surface area contributed by atoms with Crippen LogP contribution in [0.5, 0.6) is 0 Å². The topological polar surface area (TPSA) is 71.2 Å². The number of hydrogen-bond acceptors (Lipinski definition) is 5. The molecule has 6 heteroatoms. The van der Waals surface area contributed by atoms with E-state index in [1.807, 2.05) is 6.92 Å². The summed E-state index contributed by atoms with van der Waals surface area (Å²) < 4.78 is 0. The first-order valence-electron chi connectivity index (χ1n) is 6.01. The van der Waals surface area contributed by atoms with Crippen LogP contribution in [0, 0.1) is 0 Å². The van der Waals surface area contributed by atoms with Gasteiger partial charge in [-0.05, 0) is 19.3 Å². The second-order valence-corrected chi connectivity index (χ2v) is 5.14. The highest BCUT2D eigenvalue weighted by molar-refractivity contribution is 7.18. The molecular weight excluding hydrogens is 236 g/mol. The maximum Gasteiger partial charge on any atom is 0.265 e. The van der Waals surface area contributed by atoms with Crippen LogP contribution in [-0.4, -0.2) is 30.5 Å². The lowest BCUT2D eigenvalue weighted by Crippen LogP contribution is -2.23. The third-order valence-corrected chi connectivity index (χ3v) is 3.89. The van der Waals surface area contributed by atoms with Crippen LogP contribution in [0.3, 0.4) is 0 Å². The summed E-state index contributed by atoms with van der Waals surface area (Å²) in [5.74, 6) is 0.248. The van der Waals surface area contributed by atoms with Crippen LogP contribution in [-0.2, 0) is 0 Å². The van der Waals surface area contributed by atoms with E-state index in [4.69, 9.17) is 5.73 Å². The lowest BCUT2D eigenvalue weighted by atomic mass is 10.4. The zero-order chi connectivity index (χ0) is 12.3. The highest BCUT2D eigenvalue weighted by Gasteiger charge is 2.21. The Labute approximate surface area is 105 Å². The maximum atomic E-state index is 11.8. The van der Waals surface area contributed by atoms with Crippen molar-refractivity contribution < 1.29 is 4.79 Å². The Morgan fingerprint density at radius 1 is 1.53 bits per heavy atom. The fourth-order valence-corrected chi connectivity index (χ4v) is 2.80. The van der Waals surface area contributed by atoms with Gasteiger partial charge in [-0.25, -0.2) is 4.98 Å². The van der Waals surface area contributed by atoms with Gasteiger partial charge in [-0.3, -0.25) is 4.79 Å². The van der Waals surface area contributed by atoms with Crippen LogP contribution in [0.4, 0.5) is 10.9 Å². The Balaban J connectivity index is 2.09. The van der Waals surface area contributed by atoms with Gasteiger partial charge < -0.3 is 16.0 Å². The zero-order valence-corrected chi connectivity index (χ0v) is 10.8. The molecule has 1 aromatic rings. The molecule has 1 saturated heterocycles. The van der Waals surface area contributed by atoms with E-state index < -0.39 is 0 Å². The first kappa shape index (κ1) is 12.2. The molecule has 1 amide bonds. The van der Waals surface area contributed by atoms with E-state index in [-0.39, 0.29) is 5.91 Å². The predicted octanol–water partition coefficient (Wildman–Crippen LogP) is 1.47. The number of carbonyl (C=O) groups excluding carboxylic acids is 1. The molecule has 2 heterocycles. The van der Waals surface area contributed by atoms with Crippen LogP contribution < -0.4 is 16.0 Å². The van der Waals surface area contributed by atoms with Crippen LogP contribution in [0.15, 0.2) is 0 Å². The van der Waals surface area contributed by atoms with Gasteiger partial charge in [0.05, 0.1) is 0 Å². The summed E-state index contributed by atoms with van der Waals surface area (Å²) in [6, 6.07) is 0. The molecule has 0 atom stereocenters. The minimum Gasteiger partial charge on any atom is -0.382 e. The SMILES string of the molecule is CCCNC(=O)c1sc(N2CCCC2)nc1N. The van der Waals surface area contributed by atoms with Crippen LogP contribution in [0.1, 0.15) is 35.9 Å². The lowest BCUT2D eigenvalue weighted by Gasteiger charge is -2.11. The van der Waals surface area contributed by atoms with E-state index >= 15 is 0 Å². The molecular formula is C11H18N4OS. The first-order chi connectivity index (χ1) is 8.22. The Kier molecular flexibility index (Phi) is 3.83. The molecule has 0 unspecified atom stereocenters. The van der Waals surface area contributed by atoms with Gasteiger partial charge >= 0.3 is 0 Å². The van der Waals surface area contributed by atoms with E-state index in [0.29, 0.717) is 17.2 Å². The average Bonchev–Trinajstić information content (AvgIpc) is 2.94. The number of nitrogen functional groups attached to an aromatic ring is 1. The molecule has 0 aromatic carbocycles. The van der Waals surface area contributed by atoms with Gasteiger partial charge in [0.15, 0.2) is 5.13 Å². The average molecular weight is 254 g/mol. The summed E-state index contributed by atoms with van der Waals surface area (Å²) in [5, 5.41) is 3.70. The smallest absolute Gasteiger partial charge is 0.265 e. The van der Waals surface area contributed by atoms with Crippen LogP contribution in [0.2, 0.25) is 0 Å². The van der Waals surface area contributed by atoms with Crippen molar-refractivity contribution >= 4 is 28.2 Å². The number of nitrogens with two attached hydrogens (primary N) is 1. The van der Waals surface area contributed by atoms with Gasteiger partial charge in [0.1, 0.15) is 10.7 Å². The summed E-state index contributed by atoms with van der Waals surface area (Å²) in [7, 11) is 0. The number of nitrogens with one attached hydrogen (secondary N) is 1. The molecule has 0 radical (unpaired) electrons. The van der Waals surface area contributed by atoms with Crippen molar-refractivity contribution in [1.82, 2.24) is 10.3 Å². The Bertz CT molecular complexity index is 398. The largest absolute Gasteiger partial charge is 0.382 e. The molecule has 0 bridgehead atoms. The van der Waals surface area contributed by atoms with Crippen molar-refractivity contribution in [2.24, 2.45) is 0 Å². The van der Waals surface area contributed by atoms with Crippen molar-refractivity contribution in [2.45, 2.75) is 26.2 Å². The summed E-state index contributed by atoms with van der Waals surface area (Å²) in [5.41, 5.74) is 5.79. The minimum atomic E-state index is -0.104. The lowest BCUT2D eigenvalue weighted by molar-refractivity contribution is 0.0958. The van der Waals surface area contributed by atoms with Crippen LogP contribution in [0.25, 0.3) is 0 Å². The van der Waals surface area contributed by atoms with E-state index in [1.54, 1.807) is 0 Å². The van der Waals surface area contributed by atoms with Gasteiger partial charge in [0.2, 0.25) is 0 Å². The number of carbonyl (C=O) groups is 1. The first-order valence-corrected chi connectivity index (χ1v) is 6.83. The quantitative estimate of drug-likeness (QED) is 0.853. The highest BCUT2D eigenvalue weighted by Crippen LogP contribution is 2.30. The molecule has 1 aromatic heterocycles. The van der Waals surface area contributed by atoms with Crippen molar-refractivity contribution in [3.8, 4) is 0 Å². The molecule has 5 nitrogen and oxygen atoms in total. The Morgan fingerprint density at radius 2 is 2.24 bits per heavy atom. The second kappa shape index (κ2) is 5.35. The maximum absolute atomic E-state index is 11.8. The second-order valence-electron chi connectivity index (χ2n) is 4.16. The number of aromatic nitrogens is 1. The number of anilines is 2. The number of nitrogens with zero attached hydrogens (tertiary/aromatic N) is 2. The van der Waals surface area contributed by atoms with Gasteiger partial charge in [-0.2, -0.15) is 0 Å². The number of thiazole rings is 1. The molecule has 1 fully saturated rings. The molecule has 0 saturated carbocycles. The monoisotopic (exact) mass is 254 g/mol. The van der Waals surface area contributed by atoms with Crippen molar-refractivity contribution in [3.63, 3.8) is 0 Å². The molecule has 94 valence electrons. The van der Waals surface area contributed by atoms with E-state index in [0.717, 1.165) is 24.6 Å². The van der Waals surface area contributed by atoms with Gasteiger partial charge in [-0.15, -0.1) is 0 Å². The van der Waals surface area contributed by atoms with Gasteiger partial charge in [-0.1, -0.05) is 18.3 Å². The minimum absolute atomic E-state index is 0.104. The highest BCUT2D eigenvalue weighted by atomic mass is 32.1. The normalized spacial score (nSPS) is 15.2. The Hall–Kier alpha value is -1.30. The number of amides is 1. The molecule has 17 heavy (non-hydrogen) atoms. The third kappa shape index (κ3) is 2.69. The third-order valence-electron chi connectivity index (χ3n) is 2.76. The number of hydrogen-bond donors (Lipinski definition) is 2. The fraction of sp³-hybridized carbons (Fsp3) is 0.636. The zero-order valence-electron chi connectivity index (χ0n) is 10.0. The summed E-state index contributed by atoms with van der Waals surface area (Å²) in [4.78, 5) is 18.8. The van der Waals surface area contributed by atoms with Gasteiger partial charge in [0, 0.05) is 19.6 Å². The van der Waals surface area contributed by atoms with E-state index in [2.05, 4.69) is 15.2 Å². The molecule has 0 spiro atoms. The molecule has 2 rings (SSSR count). The number of rotatable bonds is 4. The predicted molar refractivity (Wildman–Crippen MR) is 70.6 cm³/mol. The van der Waals surface area contributed by atoms with Crippen molar-refractivity contribution in [1.29, 1.82) is 0 Å². The molecule has 3 N–H and O–H groups in total. The molecule has 0 aliphatic carbocycles. The standard InChI is InChI=1S/C11H18N4OS/c1-2-5-13-10(16)8-9(12)14-11(17-8)15-6-3-4-7-15/h2-7,12H2,1H3,(H,13,16). The molecule has 1 aliphatic heterocycles. The fourth-order valence-electron chi connectivity index (χ4n) is 1.85. The summed E-state index contributed by atoms with van der Waals surface area (Å²) in [6.07, 6.45) is 3.30. The summed E-state index contributed by atoms with van der Waals surface area (Å²) >= 11 is 1.39. The van der Waals surface area contributed by atoms with Gasteiger partial charge in [0.25, 0.3) is 5.91 Å². The Morgan fingerprint density at radius 3 is 2.88 bits per heavy atom. The van der Waals surface area contributed by atoms with E-state index in [1.165, 1.54) is 24.2 Å². The summed E-state index contributed by atoms with van der Waals surface area (Å²) in [6.45, 7) is 4.73. The van der Waals surface area contributed by atoms with E-state index in [9.17, 15) is 4.79 Å².